The van der Waals surface area contributed by atoms with Crippen molar-refractivity contribution in [2.75, 3.05) is 19.7 Å². The van der Waals surface area contributed by atoms with Crippen molar-refractivity contribution in [1.29, 1.82) is 5.26 Å². The van der Waals surface area contributed by atoms with Gasteiger partial charge in [-0.15, -0.1) is 0 Å². The van der Waals surface area contributed by atoms with Gasteiger partial charge in [0, 0.05) is 19.5 Å². The van der Waals surface area contributed by atoms with Crippen molar-refractivity contribution in [3.63, 3.8) is 0 Å². The molecule has 10 heteroatoms. The summed E-state index contributed by atoms with van der Waals surface area (Å²) in [7, 11) is -4.35. The molecule has 0 radical (unpaired) electrons. The minimum Gasteiger partial charge on any atom is -0.464 e. The molecule has 0 saturated heterocycles. The van der Waals surface area contributed by atoms with E-state index >= 15 is 0 Å². The van der Waals surface area contributed by atoms with Gasteiger partial charge in [0.05, 0.1) is 29.2 Å². The molecule has 4 rings (SSSR count). The summed E-state index contributed by atoms with van der Waals surface area (Å²) < 4.78 is 35.2. The van der Waals surface area contributed by atoms with Crippen LogP contribution in [0, 0.1) is 18.3 Å². The number of sulfonamides is 1. The summed E-state index contributed by atoms with van der Waals surface area (Å²) in [5, 5.41) is 12.5. The largest absolute Gasteiger partial charge is 0.464 e. The van der Waals surface area contributed by atoms with Gasteiger partial charge in [-0.05, 0) is 80.6 Å². The lowest BCUT2D eigenvalue weighted by atomic mass is 9.80. The molecule has 0 fully saturated rings. The molecule has 0 bridgehead atoms. The highest BCUT2D eigenvalue weighted by molar-refractivity contribution is 7.89. The average Bonchev–Trinajstić information content (AvgIpc) is 2.92. The Labute approximate surface area is 229 Å². The monoisotopic (exact) mass is 550 g/mol. The summed E-state index contributed by atoms with van der Waals surface area (Å²) in [4.78, 5) is 28.0. The first kappa shape index (κ1) is 28.6. The third kappa shape index (κ3) is 5.28. The minimum absolute atomic E-state index is 0.0238. The van der Waals surface area contributed by atoms with Crippen LogP contribution in [0.15, 0.2) is 52.9 Å². The molecular weight excluding hydrogens is 516 g/mol. The van der Waals surface area contributed by atoms with E-state index in [1.165, 1.54) is 0 Å². The summed E-state index contributed by atoms with van der Waals surface area (Å²) in [6.45, 7) is 6.19. The van der Waals surface area contributed by atoms with Crippen molar-refractivity contribution in [3.8, 4) is 6.07 Å². The molecular formula is C29H34N4O5S. The van der Waals surface area contributed by atoms with E-state index in [1.807, 2.05) is 6.92 Å². The van der Waals surface area contributed by atoms with Crippen molar-refractivity contribution < 1.29 is 22.7 Å². The van der Waals surface area contributed by atoms with Gasteiger partial charge in [0.1, 0.15) is 0 Å². The molecule has 2 aromatic rings. The van der Waals surface area contributed by atoms with Gasteiger partial charge < -0.3 is 15.8 Å². The number of Topliss-reactive ketones (excluding diaryl/α,β-unsaturated/α-hetero) is 1. The van der Waals surface area contributed by atoms with Crippen LogP contribution in [0.2, 0.25) is 0 Å². The van der Waals surface area contributed by atoms with Crippen LogP contribution in [0.1, 0.15) is 48.1 Å². The summed E-state index contributed by atoms with van der Waals surface area (Å²) >= 11 is 0. The van der Waals surface area contributed by atoms with Gasteiger partial charge in [0.25, 0.3) is 0 Å². The number of nitrogens with one attached hydrogen (secondary N) is 1. The predicted octanol–water partition coefficient (Wildman–Crippen LogP) is 2.29. The van der Waals surface area contributed by atoms with E-state index in [-0.39, 0.29) is 30.9 Å². The Kier molecular flexibility index (Phi) is 8.37. The number of rotatable bonds is 8. The number of carbonyl (C=O) groups excluding carboxylic acids is 2. The molecule has 2 atom stereocenters. The highest BCUT2D eigenvalue weighted by atomic mass is 32.2. The summed E-state index contributed by atoms with van der Waals surface area (Å²) in [6.07, 6.45) is 2.25. The maximum absolute atomic E-state index is 14.4. The first-order valence-electron chi connectivity index (χ1n) is 13.0. The molecule has 2 aliphatic heterocycles. The molecule has 2 aromatic carbocycles. The molecule has 2 aliphatic rings. The molecule has 0 amide bonds. The number of hydrogen-bond acceptors (Lipinski definition) is 8. The number of esters is 1. The number of nitrogens with zero attached hydrogens (tertiary/aromatic N) is 2. The van der Waals surface area contributed by atoms with Crippen molar-refractivity contribution >= 4 is 21.8 Å². The van der Waals surface area contributed by atoms with E-state index in [0.29, 0.717) is 35.2 Å². The topological polar surface area (TPSA) is 143 Å². The highest BCUT2D eigenvalue weighted by Crippen LogP contribution is 2.38. The van der Waals surface area contributed by atoms with Gasteiger partial charge in [0.15, 0.2) is 11.3 Å². The Morgan fingerprint density at radius 1 is 1.23 bits per heavy atom. The smallest absolute Gasteiger partial charge is 0.335 e. The summed E-state index contributed by atoms with van der Waals surface area (Å²) in [5.41, 5.74) is 8.58. The lowest BCUT2D eigenvalue weighted by molar-refractivity contribution is -0.160. The van der Waals surface area contributed by atoms with E-state index in [0.717, 1.165) is 22.0 Å². The molecule has 0 aromatic heterocycles. The van der Waals surface area contributed by atoms with Crippen molar-refractivity contribution in [2.45, 2.75) is 63.1 Å². The van der Waals surface area contributed by atoms with Crippen molar-refractivity contribution in [1.82, 2.24) is 9.62 Å². The normalized spacial score (nSPS) is 20.3. The maximum atomic E-state index is 14.4. The van der Waals surface area contributed by atoms with Gasteiger partial charge in [0.2, 0.25) is 10.0 Å². The standard InChI is InChI=1S/C29H34N4O5S/c1-4-38-28(35)29(27(34)25(31)15-21-6-5-7-22(14-21)17-30)16-19(2)11-13-33(29)39(36,37)26-9-8-20(3)23-10-12-32-18-24(23)26/h5-9,11,14,25,32H,4,10,12-13,15-16,18,31H2,1-3H3/t25?,29-/m0/s1. The molecule has 1 unspecified atom stereocenters. The Bertz CT molecular complexity index is 1480. The number of nitrogens with two attached hydrogens (primary N) is 1. The van der Waals surface area contributed by atoms with E-state index in [2.05, 4.69) is 11.4 Å². The van der Waals surface area contributed by atoms with Crippen LogP contribution in [-0.2, 0) is 43.7 Å². The van der Waals surface area contributed by atoms with Crippen molar-refractivity contribution in [2.24, 2.45) is 5.73 Å². The number of hydrogen-bond donors (Lipinski definition) is 2. The predicted molar refractivity (Wildman–Crippen MR) is 146 cm³/mol. The Morgan fingerprint density at radius 2 is 2.00 bits per heavy atom. The Hall–Kier alpha value is -3.36. The number of nitriles is 1. The van der Waals surface area contributed by atoms with Crippen LogP contribution in [0.4, 0.5) is 0 Å². The minimum atomic E-state index is -4.35. The molecule has 2 heterocycles. The van der Waals surface area contributed by atoms with Crippen LogP contribution in [0.3, 0.4) is 0 Å². The SMILES string of the molecule is CCOC(=O)[C@@]1(C(=O)C(N)Cc2cccc(C#N)c2)CC(C)=CCN1S(=O)(=O)c1ccc(C)c2c1CNCC2. The molecule has 39 heavy (non-hydrogen) atoms. The fourth-order valence-electron chi connectivity index (χ4n) is 5.54. The van der Waals surface area contributed by atoms with Crippen LogP contribution >= 0.6 is 0 Å². The lowest BCUT2D eigenvalue weighted by Gasteiger charge is -2.43. The third-order valence-electron chi connectivity index (χ3n) is 7.48. The van der Waals surface area contributed by atoms with Crippen LogP contribution in [0.25, 0.3) is 0 Å². The summed E-state index contributed by atoms with van der Waals surface area (Å²) in [6, 6.07) is 10.8. The zero-order chi connectivity index (χ0) is 28.4. The number of ether oxygens (including phenoxy) is 1. The van der Waals surface area contributed by atoms with Gasteiger partial charge in [-0.3, -0.25) is 4.79 Å². The van der Waals surface area contributed by atoms with Crippen LogP contribution < -0.4 is 11.1 Å². The van der Waals surface area contributed by atoms with Crippen LogP contribution in [-0.4, -0.2) is 55.8 Å². The van der Waals surface area contributed by atoms with E-state index in [1.54, 1.807) is 56.3 Å². The second-order valence-electron chi connectivity index (χ2n) is 10.1. The highest BCUT2D eigenvalue weighted by Gasteiger charge is 2.59. The quantitative estimate of drug-likeness (QED) is 0.290. The van der Waals surface area contributed by atoms with Crippen molar-refractivity contribution in [3.05, 3.63) is 75.9 Å². The molecule has 0 saturated carbocycles. The van der Waals surface area contributed by atoms with E-state index in [9.17, 15) is 23.3 Å². The third-order valence-corrected chi connectivity index (χ3v) is 9.46. The fraction of sp³-hybridized carbons (Fsp3) is 0.414. The van der Waals surface area contributed by atoms with Gasteiger partial charge in [-0.2, -0.15) is 9.57 Å². The molecule has 0 spiro atoms. The van der Waals surface area contributed by atoms with Gasteiger partial charge in [-0.25, -0.2) is 13.2 Å². The number of ketones is 1. The molecule has 0 aliphatic carbocycles. The Morgan fingerprint density at radius 3 is 2.72 bits per heavy atom. The average molecular weight is 551 g/mol. The molecule has 9 nitrogen and oxygen atoms in total. The first-order valence-corrected chi connectivity index (χ1v) is 14.5. The fourth-order valence-corrected chi connectivity index (χ4v) is 7.43. The maximum Gasteiger partial charge on any atom is 0.335 e. The Balaban J connectivity index is 1.84. The zero-order valence-electron chi connectivity index (χ0n) is 22.5. The molecule has 3 N–H and O–H groups in total. The van der Waals surface area contributed by atoms with E-state index in [4.69, 9.17) is 10.5 Å². The van der Waals surface area contributed by atoms with Gasteiger partial charge in [-0.1, -0.05) is 29.8 Å². The van der Waals surface area contributed by atoms with Crippen LogP contribution in [0.5, 0.6) is 0 Å². The zero-order valence-corrected chi connectivity index (χ0v) is 23.3. The number of carbonyl (C=O) groups is 2. The first-order chi connectivity index (χ1) is 18.6. The van der Waals surface area contributed by atoms with E-state index < -0.39 is 33.4 Å². The summed E-state index contributed by atoms with van der Waals surface area (Å²) in [5.74, 6) is -1.68. The van der Waals surface area contributed by atoms with Gasteiger partial charge >= 0.3 is 5.97 Å². The number of fused-ring (bicyclic) bond motifs is 1. The second-order valence-corrected chi connectivity index (χ2v) is 11.9. The lowest BCUT2D eigenvalue weighted by Crippen LogP contribution is -2.67. The number of benzene rings is 2. The number of aryl methyl sites for hydroxylation is 1. The second kappa shape index (κ2) is 11.4. The molecule has 206 valence electrons.